The van der Waals surface area contributed by atoms with Gasteiger partial charge in [-0.3, -0.25) is 0 Å². The molecule has 104 valence electrons. The van der Waals surface area contributed by atoms with Crippen LogP contribution in [0.25, 0.3) is 11.1 Å². The zero-order valence-electron chi connectivity index (χ0n) is 11.4. The Bertz CT molecular complexity index is 630. The van der Waals surface area contributed by atoms with Crippen molar-refractivity contribution in [3.8, 4) is 11.1 Å². The van der Waals surface area contributed by atoms with Crippen molar-refractivity contribution in [3.05, 3.63) is 90.8 Å². The third kappa shape index (κ3) is 4.58. The predicted molar refractivity (Wildman–Crippen MR) is 83.1 cm³/mol. The molecule has 0 amide bonds. The molecule has 2 aromatic carbocycles. The summed E-state index contributed by atoms with van der Waals surface area (Å²) in [4.78, 5) is 13.7. The lowest BCUT2D eigenvalue weighted by Crippen LogP contribution is -1.97. The van der Waals surface area contributed by atoms with Crippen LogP contribution in [0.1, 0.15) is 10.5 Å². The van der Waals surface area contributed by atoms with Gasteiger partial charge >= 0.3 is 5.97 Å². The Balaban J connectivity index is 0.000000161. The van der Waals surface area contributed by atoms with Gasteiger partial charge in [-0.25, -0.2) is 9.78 Å². The van der Waals surface area contributed by atoms with Crippen molar-refractivity contribution in [1.82, 2.24) is 4.98 Å². The molecule has 3 aromatic rings. The average Bonchev–Trinajstić information content (AvgIpc) is 2.58. The van der Waals surface area contributed by atoms with Gasteiger partial charge in [0.05, 0.1) is 0 Å². The molecule has 0 aliphatic rings. The SMILES string of the molecule is O=C(O)c1ccccn1.c1ccc(-c2ccccc2)cc1. The number of hydrogen-bond acceptors (Lipinski definition) is 2. The van der Waals surface area contributed by atoms with Crippen LogP contribution < -0.4 is 0 Å². The first-order valence-corrected chi connectivity index (χ1v) is 6.52. The molecule has 3 nitrogen and oxygen atoms in total. The molecule has 3 rings (SSSR count). The second-order valence-corrected chi connectivity index (χ2v) is 4.25. The first-order valence-electron chi connectivity index (χ1n) is 6.52. The fourth-order valence-corrected chi connectivity index (χ4v) is 1.75. The van der Waals surface area contributed by atoms with Crippen LogP contribution in [0.2, 0.25) is 0 Å². The van der Waals surface area contributed by atoms with Gasteiger partial charge in [-0.2, -0.15) is 0 Å². The summed E-state index contributed by atoms with van der Waals surface area (Å²) in [6, 6.07) is 25.5. The Labute approximate surface area is 123 Å². The van der Waals surface area contributed by atoms with Crippen LogP contribution in [0.5, 0.6) is 0 Å². The lowest BCUT2D eigenvalue weighted by Gasteiger charge is -1.98. The first kappa shape index (κ1) is 14.5. The lowest BCUT2D eigenvalue weighted by atomic mass is 10.1. The molecule has 1 N–H and O–H groups in total. The maximum atomic E-state index is 10.1. The zero-order valence-corrected chi connectivity index (χ0v) is 11.4. The predicted octanol–water partition coefficient (Wildman–Crippen LogP) is 4.13. The van der Waals surface area contributed by atoms with Crippen molar-refractivity contribution in [3.63, 3.8) is 0 Å². The number of pyridine rings is 1. The summed E-state index contributed by atoms with van der Waals surface area (Å²) in [6.45, 7) is 0. The van der Waals surface area contributed by atoms with Gasteiger partial charge in [-0.05, 0) is 23.3 Å². The maximum absolute atomic E-state index is 10.1. The smallest absolute Gasteiger partial charge is 0.354 e. The molecule has 1 heterocycles. The number of aromatic carboxylic acids is 1. The van der Waals surface area contributed by atoms with E-state index in [9.17, 15) is 4.79 Å². The van der Waals surface area contributed by atoms with Crippen molar-refractivity contribution in [2.75, 3.05) is 0 Å². The molecule has 3 heteroatoms. The van der Waals surface area contributed by atoms with Gasteiger partial charge in [0.15, 0.2) is 0 Å². The van der Waals surface area contributed by atoms with Crippen LogP contribution in [-0.4, -0.2) is 16.1 Å². The van der Waals surface area contributed by atoms with Crippen LogP contribution in [0, 0.1) is 0 Å². The molecule has 0 unspecified atom stereocenters. The molecule has 1 aromatic heterocycles. The van der Waals surface area contributed by atoms with Crippen molar-refractivity contribution >= 4 is 5.97 Å². The van der Waals surface area contributed by atoms with Crippen molar-refractivity contribution in [1.29, 1.82) is 0 Å². The van der Waals surface area contributed by atoms with Crippen LogP contribution in [0.4, 0.5) is 0 Å². The minimum Gasteiger partial charge on any atom is -0.477 e. The Morgan fingerprint density at radius 2 is 1.19 bits per heavy atom. The molecule has 0 bridgehead atoms. The Morgan fingerprint density at radius 3 is 1.52 bits per heavy atom. The molecule has 0 aliphatic carbocycles. The van der Waals surface area contributed by atoms with Crippen molar-refractivity contribution < 1.29 is 9.90 Å². The second kappa shape index (κ2) is 7.60. The molecule has 0 saturated heterocycles. The van der Waals surface area contributed by atoms with Crippen molar-refractivity contribution in [2.45, 2.75) is 0 Å². The molecule has 0 fully saturated rings. The second-order valence-electron chi connectivity index (χ2n) is 4.25. The summed E-state index contributed by atoms with van der Waals surface area (Å²) in [5, 5.41) is 8.32. The van der Waals surface area contributed by atoms with Crippen molar-refractivity contribution in [2.24, 2.45) is 0 Å². The summed E-state index contributed by atoms with van der Waals surface area (Å²) in [7, 11) is 0. The number of carbonyl (C=O) groups is 1. The van der Waals surface area contributed by atoms with Gasteiger partial charge in [0.25, 0.3) is 0 Å². The van der Waals surface area contributed by atoms with Gasteiger partial charge in [-0.1, -0.05) is 66.7 Å². The standard InChI is InChI=1S/C12H10.C6H5NO2/c1-3-7-11(8-4-1)12-9-5-2-6-10-12;8-6(9)5-3-1-2-4-7-5/h1-10H;1-4H,(H,8,9). The number of carboxylic acid groups (broad SMARTS) is 1. The highest BCUT2D eigenvalue weighted by atomic mass is 16.4. The lowest BCUT2D eigenvalue weighted by molar-refractivity contribution is 0.0690. The maximum Gasteiger partial charge on any atom is 0.354 e. The van der Waals surface area contributed by atoms with E-state index in [-0.39, 0.29) is 5.69 Å². The van der Waals surface area contributed by atoms with E-state index < -0.39 is 5.97 Å². The fraction of sp³-hybridized carbons (Fsp3) is 0. The Hall–Kier alpha value is -2.94. The monoisotopic (exact) mass is 277 g/mol. The first-order chi connectivity index (χ1) is 10.3. The molecule has 0 radical (unpaired) electrons. The molecule has 0 spiro atoms. The van der Waals surface area contributed by atoms with Crippen LogP contribution in [-0.2, 0) is 0 Å². The highest BCUT2D eigenvalue weighted by Crippen LogP contribution is 2.17. The number of rotatable bonds is 2. The number of carboxylic acids is 1. The number of hydrogen-bond donors (Lipinski definition) is 1. The normalized spacial score (nSPS) is 9.33. The Morgan fingerprint density at radius 1 is 0.714 bits per heavy atom. The van der Waals surface area contributed by atoms with Crippen LogP contribution in [0.3, 0.4) is 0 Å². The van der Waals surface area contributed by atoms with Gasteiger partial charge in [-0.15, -0.1) is 0 Å². The largest absolute Gasteiger partial charge is 0.477 e. The van der Waals surface area contributed by atoms with E-state index in [0.29, 0.717) is 0 Å². The number of nitrogens with zero attached hydrogens (tertiary/aromatic N) is 1. The third-order valence-electron chi connectivity index (χ3n) is 2.76. The summed E-state index contributed by atoms with van der Waals surface area (Å²) >= 11 is 0. The molecule has 21 heavy (non-hydrogen) atoms. The average molecular weight is 277 g/mol. The number of aromatic nitrogens is 1. The minimum atomic E-state index is -0.990. The van der Waals surface area contributed by atoms with Crippen LogP contribution >= 0.6 is 0 Å². The van der Waals surface area contributed by atoms with E-state index >= 15 is 0 Å². The highest BCUT2D eigenvalue weighted by Gasteiger charge is 1.98. The minimum absolute atomic E-state index is 0.0810. The van der Waals surface area contributed by atoms with Gasteiger partial charge in [0, 0.05) is 6.20 Å². The number of benzene rings is 2. The van der Waals surface area contributed by atoms with E-state index in [1.807, 2.05) is 12.1 Å². The van der Waals surface area contributed by atoms with Gasteiger partial charge in [0.2, 0.25) is 0 Å². The summed E-state index contributed by atoms with van der Waals surface area (Å²) in [6.07, 6.45) is 1.45. The zero-order chi connectivity index (χ0) is 14.9. The molecular weight excluding hydrogens is 262 g/mol. The van der Waals surface area contributed by atoms with E-state index in [1.54, 1.807) is 12.1 Å². The van der Waals surface area contributed by atoms with E-state index in [2.05, 4.69) is 53.5 Å². The fourth-order valence-electron chi connectivity index (χ4n) is 1.75. The summed E-state index contributed by atoms with van der Waals surface area (Å²) in [5.74, 6) is -0.990. The van der Waals surface area contributed by atoms with Gasteiger partial charge < -0.3 is 5.11 Å². The highest BCUT2D eigenvalue weighted by molar-refractivity contribution is 5.85. The van der Waals surface area contributed by atoms with E-state index in [0.717, 1.165) is 0 Å². The molecule has 0 aliphatic heterocycles. The third-order valence-corrected chi connectivity index (χ3v) is 2.76. The quantitative estimate of drug-likeness (QED) is 0.766. The summed E-state index contributed by atoms with van der Waals surface area (Å²) < 4.78 is 0. The Kier molecular flexibility index (Phi) is 5.24. The summed E-state index contributed by atoms with van der Waals surface area (Å²) in [5.41, 5.74) is 2.63. The van der Waals surface area contributed by atoms with Crippen LogP contribution in [0.15, 0.2) is 85.1 Å². The van der Waals surface area contributed by atoms with Gasteiger partial charge in [0.1, 0.15) is 5.69 Å². The molecular formula is C18H15NO2. The van der Waals surface area contributed by atoms with E-state index in [1.165, 1.54) is 23.4 Å². The topological polar surface area (TPSA) is 50.2 Å². The molecule has 0 atom stereocenters. The molecule has 0 saturated carbocycles. The van der Waals surface area contributed by atoms with E-state index in [4.69, 9.17) is 5.11 Å².